The van der Waals surface area contributed by atoms with Crippen molar-refractivity contribution < 1.29 is 70.0 Å². The first kappa shape index (κ1) is 44.0. The molecule has 28 heteroatoms. The number of H-pyrrole nitrogens is 1. The number of aromatic nitrogens is 6. The van der Waals surface area contributed by atoms with Crippen molar-refractivity contribution in [1.82, 2.24) is 29.1 Å². The molecule has 2 bridgehead atoms. The van der Waals surface area contributed by atoms with E-state index in [0.29, 0.717) is 22.8 Å². The monoisotopic (exact) mass is 897 g/mol. The van der Waals surface area contributed by atoms with Crippen molar-refractivity contribution in [3.8, 4) is 0 Å². The largest absolute Gasteiger partial charge is 0.509 e. The highest BCUT2D eigenvalue weighted by Crippen LogP contribution is 2.66. The van der Waals surface area contributed by atoms with Crippen LogP contribution in [0, 0.1) is 0 Å². The van der Waals surface area contributed by atoms with Gasteiger partial charge in [-0.15, -0.1) is 0 Å². The Labute approximate surface area is 336 Å². The van der Waals surface area contributed by atoms with E-state index in [1.807, 2.05) is 0 Å². The second kappa shape index (κ2) is 18.8. The number of imidazole rings is 1. The summed E-state index contributed by atoms with van der Waals surface area (Å²) in [6.45, 7) is -3.55. The summed E-state index contributed by atoms with van der Waals surface area (Å²) in [7, 11) is 1.34. The molecule has 0 amide bonds. The summed E-state index contributed by atoms with van der Waals surface area (Å²) in [5.74, 6) is -1.05. The predicted octanol–water partition coefficient (Wildman–Crippen LogP) is 3.70. The zero-order valence-electron chi connectivity index (χ0n) is 31.5. The van der Waals surface area contributed by atoms with Crippen molar-refractivity contribution in [1.29, 1.82) is 0 Å². The molecular formula is C30H41N7O17P2S2. The van der Waals surface area contributed by atoms with E-state index in [1.54, 1.807) is 27.7 Å². The molecule has 3 aliphatic rings. The number of ether oxygens (including phenoxy) is 7. The molecule has 3 saturated heterocycles. The molecule has 3 fully saturated rings. The van der Waals surface area contributed by atoms with E-state index in [9.17, 15) is 28.3 Å². The van der Waals surface area contributed by atoms with Gasteiger partial charge < -0.3 is 38.9 Å². The van der Waals surface area contributed by atoms with Crippen LogP contribution in [0.15, 0.2) is 34.5 Å². The summed E-state index contributed by atoms with van der Waals surface area (Å²) < 4.78 is 94.8. The van der Waals surface area contributed by atoms with E-state index < -0.39 is 117 Å². The van der Waals surface area contributed by atoms with Gasteiger partial charge in [0.2, 0.25) is 0 Å². The molecular weight excluding hydrogens is 856 g/mol. The molecule has 9 atom stereocenters. The first-order valence-electron chi connectivity index (χ1n) is 17.5. The number of carbonyl (C=O) groups is 2. The fourth-order valence-corrected chi connectivity index (χ4v) is 11.5. The molecule has 6 rings (SSSR count). The fourth-order valence-electron chi connectivity index (χ4n) is 5.87. The molecule has 3 aromatic heterocycles. The van der Waals surface area contributed by atoms with Crippen LogP contribution < -0.4 is 17.0 Å². The van der Waals surface area contributed by atoms with E-state index in [1.165, 1.54) is 24.3 Å². The smallest absolute Gasteiger partial charge is 0.432 e. The third-order valence-corrected chi connectivity index (χ3v) is 15.0. The second-order valence-corrected chi connectivity index (χ2v) is 21.0. The standard InChI is InChI=1S/C30H41N7O17P2S2/c1-15(2)49-29(40)45-13-57-55(42)48-10-19-22(23(44-5)27(52-19)37-12-34-21-24(31)32-11-33-25(21)37)54-56(43,58-14-46-30(41)50-16(3)4)47-9-17-8-18(53-55)26(51-17)36-7-6-20(38)35-28(36)39/h6-7,11-12,15-19,22-23,26-27H,8-10,13-14H2,1-5H3,(H2,31,32,33)(H,35,38,39)/t17-,18+,19?,22+,23+,26+,27+,55?,56?/m0/s1. The van der Waals surface area contributed by atoms with E-state index in [2.05, 4.69) is 19.9 Å². The molecule has 3 N–H and O–H groups in total. The number of hydrogen-bond acceptors (Lipinski definition) is 23. The first-order valence-corrected chi connectivity index (χ1v) is 23.7. The number of carbonyl (C=O) groups excluding carboxylic acids is 2. The van der Waals surface area contributed by atoms with E-state index in [-0.39, 0.29) is 23.4 Å². The van der Waals surface area contributed by atoms with Crippen LogP contribution in [-0.4, -0.2) is 116 Å². The minimum Gasteiger partial charge on any atom is -0.432 e. The quantitative estimate of drug-likeness (QED) is 0.157. The topological polar surface area (TPSA) is 294 Å². The Morgan fingerprint density at radius 3 is 2.21 bits per heavy atom. The molecule has 0 aliphatic carbocycles. The highest BCUT2D eigenvalue weighted by atomic mass is 32.7. The lowest BCUT2D eigenvalue weighted by molar-refractivity contribution is -0.0610. The molecule has 0 radical (unpaired) electrons. The van der Waals surface area contributed by atoms with Gasteiger partial charge in [-0.05, 0) is 27.7 Å². The lowest BCUT2D eigenvalue weighted by Gasteiger charge is -2.29. The lowest BCUT2D eigenvalue weighted by Crippen LogP contribution is -2.37. The highest BCUT2D eigenvalue weighted by molar-refractivity contribution is 8.55. The Balaban J connectivity index is 1.36. The summed E-state index contributed by atoms with van der Waals surface area (Å²) >= 11 is 0.976. The summed E-state index contributed by atoms with van der Waals surface area (Å²) in [4.78, 5) is 63.9. The fraction of sp³-hybridized carbons (Fsp3) is 0.633. The summed E-state index contributed by atoms with van der Waals surface area (Å²) in [6, 6.07) is 1.07. The predicted molar refractivity (Wildman–Crippen MR) is 201 cm³/mol. The van der Waals surface area contributed by atoms with Crippen molar-refractivity contribution in [3.05, 3.63) is 45.8 Å². The lowest BCUT2D eigenvalue weighted by atomic mass is 10.1. The van der Waals surface area contributed by atoms with Crippen LogP contribution in [0.2, 0.25) is 0 Å². The molecule has 320 valence electrons. The van der Waals surface area contributed by atoms with Crippen LogP contribution in [-0.2, 0) is 60.4 Å². The number of nitrogen functional groups attached to an aromatic ring is 1. The van der Waals surface area contributed by atoms with E-state index in [4.69, 9.17) is 57.0 Å². The van der Waals surface area contributed by atoms with Crippen molar-refractivity contribution in [2.24, 2.45) is 0 Å². The van der Waals surface area contributed by atoms with Crippen LogP contribution >= 0.6 is 36.4 Å². The Bertz CT molecular complexity index is 2160. The van der Waals surface area contributed by atoms with Crippen molar-refractivity contribution in [3.63, 3.8) is 0 Å². The van der Waals surface area contributed by atoms with Gasteiger partial charge in [-0.2, -0.15) is 0 Å². The van der Waals surface area contributed by atoms with Gasteiger partial charge in [0.1, 0.15) is 36.3 Å². The second-order valence-electron chi connectivity index (χ2n) is 13.1. The molecule has 3 aromatic rings. The minimum absolute atomic E-state index is 0.0806. The molecule has 6 heterocycles. The third kappa shape index (κ3) is 10.6. The Morgan fingerprint density at radius 1 is 0.914 bits per heavy atom. The number of rotatable bonds is 11. The molecule has 24 nitrogen and oxygen atoms in total. The van der Waals surface area contributed by atoms with Gasteiger partial charge in [-0.25, -0.2) is 38.5 Å². The molecule has 58 heavy (non-hydrogen) atoms. The number of nitrogens with two attached hydrogens (primary N) is 1. The number of nitrogens with zero attached hydrogens (tertiary/aromatic N) is 5. The highest BCUT2D eigenvalue weighted by Gasteiger charge is 2.53. The van der Waals surface area contributed by atoms with E-state index in [0.717, 1.165) is 16.8 Å². The zero-order chi connectivity index (χ0) is 41.8. The van der Waals surface area contributed by atoms with Crippen LogP contribution in [0.1, 0.15) is 46.6 Å². The normalized spacial score (nSPS) is 30.3. The average molecular weight is 898 g/mol. The third-order valence-electron chi connectivity index (χ3n) is 8.26. The average Bonchev–Trinajstić information content (AvgIpc) is 3.84. The number of fused-ring (bicyclic) bond motifs is 4. The maximum absolute atomic E-state index is 14.7. The van der Waals surface area contributed by atoms with Gasteiger partial charge in [0, 0.05) is 48.6 Å². The van der Waals surface area contributed by atoms with Crippen LogP contribution in [0.3, 0.4) is 0 Å². The van der Waals surface area contributed by atoms with E-state index >= 15 is 0 Å². The maximum atomic E-state index is 14.7. The van der Waals surface area contributed by atoms with Crippen LogP contribution in [0.5, 0.6) is 0 Å². The van der Waals surface area contributed by atoms with Gasteiger partial charge in [0.25, 0.3) is 5.56 Å². The van der Waals surface area contributed by atoms with Crippen LogP contribution in [0.25, 0.3) is 11.2 Å². The van der Waals surface area contributed by atoms with Gasteiger partial charge in [-0.3, -0.25) is 37.0 Å². The van der Waals surface area contributed by atoms with Crippen molar-refractivity contribution in [2.45, 2.75) is 89.3 Å². The summed E-state index contributed by atoms with van der Waals surface area (Å²) in [5, 5.41) is 0. The number of methoxy groups -OCH3 is 1. The molecule has 3 unspecified atom stereocenters. The van der Waals surface area contributed by atoms with Gasteiger partial charge in [-0.1, -0.05) is 0 Å². The zero-order valence-corrected chi connectivity index (χ0v) is 34.9. The molecule has 0 saturated carbocycles. The summed E-state index contributed by atoms with van der Waals surface area (Å²) in [6.07, 6.45) is -7.96. The Morgan fingerprint density at radius 2 is 1.57 bits per heavy atom. The van der Waals surface area contributed by atoms with Crippen molar-refractivity contribution >= 4 is 65.7 Å². The number of hydrogen-bond donors (Lipinski definition) is 2. The van der Waals surface area contributed by atoms with Gasteiger partial charge in [0.15, 0.2) is 35.8 Å². The molecule has 0 aromatic carbocycles. The number of aromatic amines is 1. The van der Waals surface area contributed by atoms with Gasteiger partial charge in [0.05, 0.1) is 37.9 Å². The van der Waals surface area contributed by atoms with Gasteiger partial charge >= 0.3 is 31.6 Å². The minimum atomic E-state index is -4.48. The number of anilines is 1. The Hall–Kier alpha value is -3.55. The summed E-state index contributed by atoms with van der Waals surface area (Å²) in [5.41, 5.74) is 4.93. The maximum Gasteiger partial charge on any atom is 0.509 e. The molecule has 0 spiro atoms. The SMILES string of the molecule is CO[C@@H]1[C@@H]2OP(=O)(SCOC(=O)OC(C)C)OC[C@@H]3C[C@@H](OP(=O)(SCOC(=O)OC(C)C)OCC2O[C@H]1n1cnc2c(N)ncnc21)[C@H](n1ccc(=O)[nH]c1=O)O3. The number of nitrogens with one attached hydrogen (secondary N) is 1. The molecule has 3 aliphatic heterocycles. The first-order chi connectivity index (χ1) is 27.6. The van der Waals surface area contributed by atoms with Crippen LogP contribution in [0.4, 0.5) is 15.4 Å². The Kier molecular flexibility index (Phi) is 14.3. The van der Waals surface area contributed by atoms with Crippen molar-refractivity contribution in [2.75, 3.05) is 37.9 Å².